The molecule has 1 aromatic rings. The lowest BCUT2D eigenvalue weighted by atomic mass is 9.58. The Labute approximate surface area is 161 Å². The minimum absolute atomic E-state index is 0.00940. The molecule has 1 amide bonds. The number of nitrogens with one attached hydrogen (secondary N) is 1. The van der Waals surface area contributed by atoms with Gasteiger partial charge in [0.15, 0.2) is 6.61 Å². The Bertz CT molecular complexity index is 635. The zero-order valence-corrected chi connectivity index (χ0v) is 16.6. The van der Waals surface area contributed by atoms with Gasteiger partial charge >= 0.3 is 0 Å². The van der Waals surface area contributed by atoms with Crippen LogP contribution in [0.5, 0.6) is 5.75 Å². The van der Waals surface area contributed by atoms with Crippen molar-refractivity contribution < 1.29 is 19.7 Å². The highest BCUT2D eigenvalue weighted by Gasteiger charge is 2.54. The van der Waals surface area contributed by atoms with Crippen molar-refractivity contribution >= 4 is 5.91 Å². The smallest absolute Gasteiger partial charge is 0.258 e. The second kappa shape index (κ2) is 7.78. The van der Waals surface area contributed by atoms with Gasteiger partial charge < -0.3 is 20.3 Å². The fraction of sp³-hybridized carbons (Fsp3) is 0.667. The maximum Gasteiger partial charge on any atom is 0.258 e. The summed E-state index contributed by atoms with van der Waals surface area (Å²) in [6.45, 7) is 8.44. The van der Waals surface area contributed by atoms with Gasteiger partial charge in [0.05, 0.1) is 12.2 Å². The van der Waals surface area contributed by atoms with Crippen LogP contribution in [0.15, 0.2) is 24.3 Å². The summed E-state index contributed by atoms with van der Waals surface area (Å²) in [7, 11) is 0. The van der Waals surface area contributed by atoms with Crippen LogP contribution in [0.4, 0.5) is 0 Å². The molecule has 1 spiro atoms. The number of benzene rings is 1. The molecule has 2 atom stereocenters. The summed E-state index contributed by atoms with van der Waals surface area (Å²) in [5.74, 6) is 0.551. The van der Waals surface area contributed by atoms with Crippen molar-refractivity contribution in [3.8, 4) is 5.75 Å². The number of carbonyl (C=O) groups excluding carboxylic acids is 1. The Balaban J connectivity index is 1.44. The van der Waals surface area contributed by atoms with Crippen LogP contribution in [0.3, 0.4) is 0 Å². The second-order valence-corrected chi connectivity index (χ2v) is 9.01. The fourth-order valence-electron chi connectivity index (χ4n) is 4.09. The normalized spacial score (nSPS) is 25.1. The summed E-state index contributed by atoms with van der Waals surface area (Å²) in [5.41, 5.74) is 0.664. The first-order valence-electron chi connectivity index (χ1n) is 9.79. The summed E-state index contributed by atoms with van der Waals surface area (Å²) >= 11 is 0. The molecule has 2 fully saturated rings. The van der Waals surface area contributed by atoms with E-state index in [0.29, 0.717) is 12.2 Å². The highest BCUT2D eigenvalue weighted by atomic mass is 16.5. The third-order valence-corrected chi connectivity index (χ3v) is 5.77. The van der Waals surface area contributed by atoms with Crippen LogP contribution >= 0.6 is 0 Å². The van der Waals surface area contributed by atoms with E-state index < -0.39 is 0 Å². The summed E-state index contributed by atoms with van der Waals surface area (Å²) in [6, 6.07) is 7.83. The molecular weight excluding hydrogens is 344 g/mol. The molecule has 150 valence electrons. The predicted octanol–water partition coefficient (Wildman–Crippen LogP) is 1.69. The van der Waals surface area contributed by atoms with Crippen molar-refractivity contribution in [3.63, 3.8) is 0 Å². The van der Waals surface area contributed by atoms with E-state index in [1.807, 2.05) is 45.0 Å². The van der Waals surface area contributed by atoms with Crippen molar-refractivity contribution in [3.05, 3.63) is 29.8 Å². The van der Waals surface area contributed by atoms with Gasteiger partial charge in [-0.25, -0.2) is 0 Å². The van der Waals surface area contributed by atoms with Crippen molar-refractivity contribution in [2.75, 3.05) is 19.7 Å². The van der Waals surface area contributed by atoms with Crippen LogP contribution in [0.2, 0.25) is 0 Å². The molecule has 3 rings (SSSR count). The van der Waals surface area contributed by atoms with E-state index in [0.717, 1.165) is 32.5 Å². The summed E-state index contributed by atoms with van der Waals surface area (Å²) < 4.78 is 5.55. The van der Waals surface area contributed by atoms with Crippen LogP contribution in [-0.2, 0) is 11.3 Å². The Morgan fingerprint density at radius 1 is 1.19 bits per heavy atom. The Morgan fingerprint density at radius 2 is 1.78 bits per heavy atom. The number of aliphatic hydroxyl groups excluding tert-OH is 2. The van der Waals surface area contributed by atoms with E-state index in [9.17, 15) is 15.0 Å². The number of ether oxygens (including phenoxy) is 1. The largest absolute Gasteiger partial charge is 0.484 e. The highest BCUT2D eigenvalue weighted by Crippen LogP contribution is 2.49. The molecule has 1 aromatic carbocycles. The molecule has 27 heavy (non-hydrogen) atoms. The standard InChI is InChI=1S/C21H32N2O4/c1-20(2,3)22-19(26)14-27-16-6-4-15(5-7-16)13-23-10-8-21(9-11-23)17(24)12-18(21)25/h4-7,17-18,24-25H,8-14H2,1-3H3,(H,22,26)/t17-,18+. The van der Waals surface area contributed by atoms with Crippen molar-refractivity contribution in [1.29, 1.82) is 0 Å². The van der Waals surface area contributed by atoms with Gasteiger partial charge in [-0.2, -0.15) is 0 Å². The number of rotatable bonds is 5. The van der Waals surface area contributed by atoms with Crippen LogP contribution < -0.4 is 10.1 Å². The van der Waals surface area contributed by atoms with E-state index in [1.165, 1.54) is 5.56 Å². The van der Waals surface area contributed by atoms with E-state index in [2.05, 4.69) is 10.2 Å². The second-order valence-electron chi connectivity index (χ2n) is 9.01. The van der Waals surface area contributed by atoms with Crippen molar-refractivity contribution in [2.24, 2.45) is 5.41 Å². The first kappa shape index (κ1) is 20.1. The average molecular weight is 376 g/mol. The van der Waals surface area contributed by atoms with Gasteiger partial charge in [0.25, 0.3) is 5.91 Å². The van der Waals surface area contributed by atoms with Gasteiger partial charge in [-0.1, -0.05) is 12.1 Å². The molecule has 1 saturated heterocycles. The summed E-state index contributed by atoms with van der Waals surface area (Å²) in [6.07, 6.45) is 1.52. The minimum Gasteiger partial charge on any atom is -0.484 e. The van der Waals surface area contributed by atoms with Gasteiger partial charge in [-0.05, 0) is 64.4 Å². The molecule has 0 bridgehead atoms. The number of piperidine rings is 1. The summed E-state index contributed by atoms with van der Waals surface area (Å²) in [5, 5.41) is 22.9. The zero-order chi connectivity index (χ0) is 19.7. The molecule has 3 N–H and O–H groups in total. The van der Waals surface area contributed by atoms with Crippen LogP contribution in [0, 0.1) is 5.41 Å². The number of carbonyl (C=O) groups is 1. The van der Waals surface area contributed by atoms with E-state index in [-0.39, 0.29) is 35.7 Å². The molecule has 1 saturated carbocycles. The number of aliphatic hydroxyl groups is 2. The van der Waals surface area contributed by atoms with E-state index >= 15 is 0 Å². The molecule has 0 aromatic heterocycles. The molecular formula is C21H32N2O4. The Morgan fingerprint density at radius 3 is 2.30 bits per heavy atom. The van der Waals surface area contributed by atoms with Gasteiger partial charge in [0, 0.05) is 23.9 Å². The van der Waals surface area contributed by atoms with Gasteiger partial charge in [0.1, 0.15) is 5.75 Å². The predicted molar refractivity (Wildman–Crippen MR) is 103 cm³/mol. The Kier molecular flexibility index (Phi) is 5.79. The molecule has 1 heterocycles. The SMILES string of the molecule is CC(C)(C)NC(=O)COc1ccc(CN2CCC3(CC2)[C@H](O)C[C@@H]3O)cc1. The average Bonchev–Trinajstić information content (AvgIpc) is 2.60. The summed E-state index contributed by atoms with van der Waals surface area (Å²) in [4.78, 5) is 14.2. The van der Waals surface area contributed by atoms with E-state index in [1.54, 1.807) is 0 Å². The zero-order valence-electron chi connectivity index (χ0n) is 16.6. The fourth-order valence-corrected chi connectivity index (χ4v) is 4.09. The van der Waals surface area contributed by atoms with Crippen molar-refractivity contribution in [1.82, 2.24) is 10.2 Å². The first-order chi connectivity index (χ1) is 12.7. The molecule has 6 heteroatoms. The minimum atomic E-state index is -0.346. The topological polar surface area (TPSA) is 82.0 Å². The molecule has 1 aliphatic heterocycles. The number of likely N-dealkylation sites (tertiary alicyclic amines) is 1. The highest BCUT2D eigenvalue weighted by molar-refractivity contribution is 5.78. The maximum atomic E-state index is 11.8. The third-order valence-electron chi connectivity index (χ3n) is 5.77. The van der Waals surface area contributed by atoms with Gasteiger partial charge in [-0.15, -0.1) is 0 Å². The number of nitrogens with zero attached hydrogens (tertiary/aromatic N) is 1. The lowest BCUT2D eigenvalue weighted by Gasteiger charge is -2.55. The maximum absolute atomic E-state index is 11.8. The molecule has 0 unspecified atom stereocenters. The lowest BCUT2D eigenvalue weighted by molar-refractivity contribution is -0.190. The van der Waals surface area contributed by atoms with E-state index in [4.69, 9.17) is 4.74 Å². The number of hydrogen-bond acceptors (Lipinski definition) is 5. The third kappa shape index (κ3) is 4.81. The Hall–Kier alpha value is -1.63. The molecule has 2 aliphatic rings. The number of hydrogen-bond donors (Lipinski definition) is 3. The molecule has 6 nitrogen and oxygen atoms in total. The quantitative estimate of drug-likeness (QED) is 0.729. The lowest BCUT2D eigenvalue weighted by Crippen LogP contribution is -2.61. The van der Waals surface area contributed by atoms with Gasteiger partial charge in [-0.3, -0.25) is 9.69 Å². The van der Waals surface area contributed by atoms with Crippen LogP contribution in [0.1, 0.15) is 45.6 Å². The first-order valence-corrected chi connectivity index (χ1v) is 9.79. The van der Waals surface area contributed by atoms with Crippen LogP contribution in [-0.4, -0.2) is 58.5 Å². The van der Waals surface area contributed by atoms with Crippen molar-refractivity contribution in [2.45, 2.75) is 64.3 Å². The monoisotopic (exact) mass is 376 g/mol. The number of amides is 1. The molecule has 0 radical (unpaired) electrons. The molecule has 1 aliphatic carbocycles. The van der Waals surface area contributed by atoms with Crippen LogP contribution in [0.25, 0.3) is 0 Å². The van der Waals surface area contributed by atoms with Gasteiger partial charge in [0.2, 0.25) is 0 Å².